The van der Waals surface area contributed by atoms with E-state index in [1.807, 2.05) is 49.5 Å². The highest BCUT2D eigenvalue weighted by Gasteiger charge is 2.33. The third-order valence-corrected chi connectivity index (χ3v) is 7.97. The molecule has 0 saturated heterocycles. The van der Waals surface area contributed by atoms with E-state index in [9.17, 15) is 9.36 Å². The van der Waals surface area contributed by atoms with Crippen LogP contribution in [-0.2, 0) is 24.8 Å². The number of amides is 1. The molecule has 0 radical (unpaired) electrons. The van der Waals surface area contributed by atoms with Gasteiger partial charge in [0.25, 0.3) is 5.91 Å². The van der Waals surface area contributed by atoms with Crippen LogP contribution in [0.5, 0.6) is 0 Å². The molecule has 1 aliphatic heterocycles. The fourth-order valence-corrected chi connectivity index (χ4v) is 5.75. The van der Waals surface area contributed by atoms with Crippen LogP contribution in [0, 0.1) is 0 Å². The van der Waals surface area contributed by atoms with E-state index in [0.717, 1.165) is 24.2 Å². The molecule has 188 valence electrons. The third kappa shape index (κ3) is 5.61. The van der Waals surface area contributed by atoms with Crippen LogP contribution in [0.1, 0.15) is 30.5 Å². The predicted octanol–water partition coefficient (Wildman–Crippen LogP) is 5.27. The van der Waals surface area contributed by atoms with E-state index < -0.39 is 7.60 Å². The van der Waals surface area contributed by atoms with Gasteiger partial charge < -0.3 is 25.0 Å². The number of fused-ring (bicyclic) bond motifs is 1. The Morgan fingerprint density at radius 3 is 2.28 bits per heavy atom. The lowest BCUT2D eigenvalue weighted by molar-refractivity contribution is -0.110. The molecule has 3 aromatic rings. The number of rotatable bonds is 11. The summed E-state index contributed by atoms with van der Waals surface area (Å²) in [6, 6.07) is 23.1. The Bertz CT molecular complexity index is 1280. The fourth-order valence-electron chi connectivity index (χ4n) is 4.15. The molecule has 0 fully saturated rings. The lowest BCUT2D eigenvalue weighted by atomic mass is 10.00. The Labute approximate surface area is 212 Å². The lowest BCUT2D eigenvalue weighted by Gasteiger charge is -2.18. The quantitative estimate of drug-likeness (QED) is 0.243. The molecule has 0 unspecified atom stereocenters. The lowest BCUT2D eigenvalue weighted by Crippen LogP contribution is -2.12. The number of likely N-dealkylation sites (N-methyl/N-ethyl adjacent to an activating group) is 1. The van der Waals surface area contributed by atoms with Gasteiger partial charge in [0.2, 0.25) is 0 Å². The van der Waals surface area contributed by atoms with Crippen LogP contribution in [0.3, 0.4) is 0 Å². The molecular weight excluding hydrogens is 473 g/mol. The maximum absolute atomic E-state index is 13.5. The van der Waals surface area contributed by atoms with Crippen LogP contribution in [0.2, 0.25) is 0 Å². The molecule has 0 saturated carbocycles. The van der Waals surface area contributed by atoms with Crippen molar-refractivity contribution < 1.29 is 18.4 Å². The Balaban J connectivity index is 1.81. The second-order valence-corrected chi connectivity index (χ2v) is 10.3. The van der Waals surface area contributed by atoms with E-state index in [1.54, 1.807) is 32.0 Å². The summed E-state index contributed by atoms with van der Waals surface area (Å²) < 4.78 is 24.6. The van der Waals surface area contributed by atoms with Gasteiger partial charge in [0.15, 0.2) is 0 Å². The van der Waals surface area contributed by atoms with Crippen molar-refractivity contribution >= 4 is 41.5 Å². The SMILES string of the molecule is CCOP(=O)(OCC)c1ccc2c(c1)/C(=C(/Nc1ccc(CCNC)cc1)c1ccccc1)C(=O)N2. The predicted molar refractivity (Wildman–Crippen MR) is 147 cm³/mol. The summed E-state index contributed by atoms with van der Waals surface area (Å²) in [5.41, 5.74) is 5.37. The molecule has 3 N–H and O–H groups in total. The zero-order chi connectivity index (χ0) is 25.5. The first-order valence-corrected chi connectivity index (χ1v) is 13.7. The molecule has 0 atom stereocenters. The van der Waals surface area contributed by atoms with Gasteiger partial charge in [-0.25, -0.2) is 0 Å². The zero-order valence-corrected chi connectivity index (χ0v) is 21.7. The first-order chi connectivity index (χ1) is 17.5. The van der Waals surface area contributed by atoms with Crippen molar-refractivity contribution in [3.8, 4) is 0 Å². The highest BCUT2D eigenvalue weighted by atomic mass is 31.2. The first kappa shape index (κ1) is 25.9. The molecule has 1 amide bonds. The largest absolute Gasteiger partial charge is 0.361 e. The first-order valence-electron chi connectivity index (χ1n) is 12.1. The number of benzene rings is 3. The third-order valence-electron chi connectivity index (χ3n) is 5.86. The average molecular weight is 506 g/mol. The minimum atomic E-state index is -3.52. The van der Waals surface area contributed by atoms with E-state index in [4.69, 9.17) is 9.05 Å². The van der Waals surface area contributed by atoms with E-state index in [0.29, 0.717) is 27.8 Å². The summed E-state index contributed by atoms with van der Waals surface area (Å²) in [4.78, 5) is 13.3. The molecule has 1 heterocycles. The van der Waals surface area contributed by atoms with Crippen molar-refractivity contribution in [2.24, 2.45) is 0 Å². The number of hydrogen-bond donors (Lipinski definition) is 3. The second-order valence-electron chi connectivity index (χ2n) is 8.31. The molecule has 0 bridgehead atoms. The van der Waals surface area contributed by atoms with E-state index >= 15 is 0 Å². The highest BCUT2D eigenvalue weighted by molar-refractivity contribution is 7.62. The minimum absolute atomic E-state index is 0.234. The summed E-state index contributed by atoms with van der Waals surface area (Å²) >= 11 is 0. The van der Waals surface area contributed by atoms with Crippen molar-refractivity contribution in [2.75, 3.05) is 37.4 Å². The van der Waals surface area contributed by atoms with Gasteiger partial charge in [0.05, 0.1) is 29.8 Å². The number of nitrogens with one attached hydrogen (secondary N) is 3. The monoisotopic (exact) mass is 505 g/mol. The molecule has 0 spiro atoms. The van der Waals surface area contributed by atoms with E-state index in [-0.39, 0.29) is 19.1 Å². The van der Waals surface area contributed by atoms with Crippen molar-refractivity contribution in [3.05, 3.63) is 89.5 Å². The molecule has 1 aliphatic rings. The molecule has 8 heteroatoms. The van der Waals surface area contributed by atoms with Gasteiger partial charge in [-0.3, -0.25) is 9.36 Å². The topological polar surface area (TPSA) is 88.7 Å². The summed E-state index contributed by atoms with van der Waals surface area (Å²) in [7, 11) is -1.58. The maximum atomic E-state index is 13.5. The summed E-state index contributed by atoms with van der Waals surface area (Å²) in [6.45, 7) is 4.94. The molecule has 4 rings (SSSR count). The molecule has 3 aromatic carbocycles. The highest BCUT2D eigenvalue weighted by Crippen LogP contribution is 2.48. The Kier molecular flexibility index (Phi) is 8.39. The van der Waals surface area contributed by atoms with E-state index in [1.165, 1.54) is 5.56 Å². The smallest absolute Gasteiger partial charge is 0.354 e. The van der Waals surface area contributed by atoms with E-state index in [2.05, 4.69) is 28.1 Å². The van der Waals surface area contributed by atoms with Gasteiger partial charge in [0.1, 0.15) is 0 Å². The van der Waals surface area contributed by atoms with Crippen LogP contribution in [-0.4, -0.2) is 32.7 Å². The van der Waals surface area contributed by atoms with Gasteiger partial charge in [-0.1, -0.05) is 42.5 Å². The maximum Gasteiger partial charge on any atom is 0.361 e. The zero-order valence-electron chi connectivity index (χ0n) is 20.8. The Hall–Kier alpha value is -3.22. The number of carbonyl (C=O) groups is 1. The fraction of sp³-hybridized carbons (Fsp3) is 0.250. The van der Waals surface area contributed by atoms with Gasteiger partial charge in [0, 0.05) is 16.9 Å². The van der Waals surface area contributed by atoms with Gasteiger partial charge in [-0.15, -0.1) is 0 Å². The molecule has 0 aromatic heterocycles. The summed E-state index contributed by atoms with van der Waals surface area (Å²) in [5.74, 6) is -0.234. The molecular formula is C28H32N3O4P. The van der Waals surface area contributed by atoms with Crippen molar-refractivity contribution in [1.82, 2.24) is 5.32 Å². The van der Waals surface area contributed by atoms with Crippen LogP contribution >= 0.6 is 7.60 Å². The normalized spacial score (nSPS) is 14.4. The van der Waals surface area contributed by atoms with Crippen molar-refractivity contribution in [3.63, 3.8) is 0 Å². The summed E-state index contributed by atoms with van der Waals surface area (Å²) in [6.07, 6.45) is 0.932. The van der Waals surface area contributed by atoms with Crippen molar-refractivity contribution in [2.45, 2.75) is 20.3 Å². The summed E-state index contributed by atoms with van der Waals surface area (Å²) in [5, 5.41) is 9.99. The molecule has 36 heavy (non-hydrogen) atoms. The Morgan fingerprint density at radius 1 is 0.944 bits per heavy atom. The number of carbonyl (C=O) groups excluding carboxylic acids is 1. The van der Waals surface area contributed by atoms with Crippen LogP contribution in [0.25, 0.3) is 11.3 Å². The Morgan fingerprint density at radius 2 is 1.64 bits per heavy atom. The average Bonchev–Trinajstić information content (AvgIpc) is 3.22. The number of anilines is 2. The van der Waals surface area contributed by atoms with Gasteiger partial charge in [-0.2, -0.15) is 0 Å². The second kappa shape index (κ2) is 11.7. The van der Waals surface area contributed by atoms with Gasteiger partial charge in [-0.05, 0) is 75.3 Å². The van der Waals surface area contributed by atoms with Crippen LogP contribution < -0.4 is 21.3 Å². The molecule has 7 nitrogen and oxygen atoms in total. The number of hydrogen-bond acceptors (Lipinski definition) is 6. The molecule has 0 aliphatic carbocycles. The van der Waals surface area contributed by atoms with Crippen molar-refractivity contribution in [1.29, 1.82) is 0 Å². The minimum Gasteiger partial charge on any atom is -0.354 e. The van der Waals surface area contributed by atoms with Gasteiger partial charge >= 0.3 is 7.60 Å². The van der Waals surface area contributed by atoms with Crippen LogP contribution in [0.4, 0.5) is 11.4 Å². The standard InChI is InChI=1S/C28H32N3O4P/c1-4-34-36(33,35-5-2)23-15-16-25-24(19-23)26(28(32)31-25)27(21-9-7-6-8-10-21)30-22-13-11-20(12-14-22)17-18-29-3/h6-16,19,29-30H,4-5,17-18H2,1-3H3,(H,31,32)/b27-26-. The van der Waals surface area contributed by atoms with Crippen LogP contribution in [0.15, 0.2) is 72.8 Å².